The van der Waals surface area contributed by atoms with Gasteiger partial charge in [0.2, 0.25) is 15.8 Å². The summed E-state index contributed by atoms with van der Waals surface area (Å²) in [7, 11) is -3.70. The van der Waals surface area contributed by atoms with Gasteiger partial charge >= 0.3 is 5.97 Å². The number of hydrogen-bond donors (Lipinski definition) is 1. The number of carboxylic acid groups (broad SMARTS) is 1. The molecule has 0 radical (unpaired) electrons. The Labute approximate surface area is 118 Å². The molecule has 0 saturated carbocycles. The van der Waals surface area contributed by atoms with Crippen molar-refractivity contribution in [3.05, 3.63) is 17.6 Å². The van der Waals surface area contributed by atoms with Crippen LogP contribution in [-0.4, -0.2) is 36.4 Å². The van der Waals surface area contributed by atoms with Gasteiger partial charge in [0.25, 0.3) is 0 Å². The van der Waals surface area contributed by atoms with Gasteiger partial charge in [0.1, 0.15) is 10.7 Å². The zero-order chi connectivity index (χ0) is 14.9. The van der Waals surface area contributed by atoms with Crippen molar-refractivity contribution in [3.8, 4) is 0 Å². The summed E-state index contributed by atoms with van der Waals surface area (Å²) in [4.78, 5) is 10.8. The van der Waals surface area contributed by atoms with Crippen molar-refractivity contribution < 1.29 is 22.7 Å². The number of nitrogens with zero attached hydrogens (tertiary/aromatic N) is 1. The Balaban J connectivity index is 2.41. The Morgan fingerprint density at radius 1 is 1.40 bits per heavy atom. The SMILES string of the molecule is Cc1oc(C(=O)O)cc1S(=O)(=O)N1CCCCCC1C. The lowest BCUT2D eigenvalue weighted by atomic mass is 10.1. The lowest BCUT2D eigenvalue weighted by molar-refractivity contribution is 0.0661. The van der Waals surface area contributed by atoms with E-state index < -0.39 is 16.0 Å². The summed E-state index contributed by atoms with van der Waals surface area (Å²) in [5.74, 6) is -1.49. The smallest absolute Gasteiger partial charge is 0.371 e. The Bertz CT molecular complexity index is 604. The molecule has 0 aromatic carbocycles. The van der Waals surface area contributed by atoms with E-state index in [1.54, 1.807) is 0 Å². The molecule has 1 fully saturated rings. The van der Waals surface area contributed by atoms with E-state index in [1.165, 1.54) is 11.2 Å². The first-order chi connectivity index (χ1) is 9.34. The highest BCUT2D eigenvalue weighted by Gasteiger charge is 2.33. The van der Waals surface area contributed by atoms with Crippen LogP contribution in [0.2, 0.25) is 0 Å². The van der Waals surface area contributed by atoms with Gasteiger partial charge in [0, 0.05) is 18.7 Å². The van der Waals surface area contributed by atoms with Crippen LogP contribution in [0.4, 0.5) is 0 Å². The van der Waals surface area contributed by atoms with Crippen molar-refractivity contribution in [2.75, 3.05) is 6.54 Å². The molecular formula is C13H19NO5S. The predicted octanol–water partition coefficient (Wildman–Crippen LogP) is 2.24. The fourth-order valence-corrected chi connectivity index (χ4v) is 4.42. The molecule has 0 amide bonds. The topological polar surface area (TPSA) is 87.8 Å². The fourth-order valence-electron chi connectivity index (χ4n) is 2.56. The molecule has 7 heteroatoms. The second-order valence-electron chi connectivity index (χ2n) is 5.15. The largest absolute Gasteiger partial charge is 0.475 e. The number of carboxylic acids is 1. The lowest BCUT2D eigenvalue weighted by Gasteiger charge is -2.25. The molecule has 2 heterocycles. The Morgan fingerprint density at radius 2 is 2.10 bits per heavy atom. The quantitative estimate of drug-likeness (QED) is 0.925. The minimum absolute atomic E-state index is 0.0383. The Kier molecular flexibility index (Phi) is 4.19. The molecule has 2 rings (SSSR count). The van der Waals surface area contributed by atoms with Crippen molar-refractivity contribution in [3.63, 3.8) is 0 Å². The molecule has 1 atom stereocenters. The van der Waals surface area contributed by atoms with Crippen LogP contribution in [-0.2, 0) is 10.0 Å². The Hall–Kier alpha value is -1.34. The highest BCUT2D eigenvalue weighted by molar-refractivity contribution is 7.89. The molecular weight excluding hydrogens is 282 g/mol. The highest BCUT2D eigenvalue weighted by Crippen LogP contribution is 2.28. The van der Waals surface area contributed by atoms with Gasteiger partial charge in [-0.15, -0.1) is 0 Å². The number of aryl methyl sites for hydroxylation is 1. The van der Waals surface area contributed by atoms with Gasteiger partial charge in [-0.05, 0) is 26.7 Å². The van der Waals surface area contributed by atoms with Gasteiger partial charge in [0.05, 0.1) is 0 Å². The van der Waals surface area contributed by atoms with Crippen LogP contribution in [0.25, 0.3) is 0 Å². The van der Waals surface area contributed by atoms with Crippen molar-refractivity contribution in [1.82, 2.24) is 4.31 Å². The molecule has 0 spiro atoms. The maximum Gasteiger partial charge on any atom is 0.371 e. The third-order valence-electron chi connectivity index (χ3n) is 3.66. The van der Waals surface area contributed by atoms with Gasteiger partial charge in [-0.1, -0.05) is 12.8 Å². The van der Waals surface area contributed by atoms with Crippen LogP contribution in [0.5, 0.6) is 0 Å². The molecule has 1 unspecified atom stereocenters. The van der Waals surface area contributed by atoms with E-state index in [-0.39, 0.29) is 22.5 Å². The highest BCUT2D eigenvalue weighted by atomic mass is 32.2. The molecule has 1 aromatic heterocycles. The summed E-state index contributed by atoms with van der Waals surface area (Å²) in [6.07, 6.45) is 3.67. The molecule has 1 aliphatic rings. The zero-order valence-electron chi connectivity index (χ0n) is 11.6. The molecule has 0 aliphatic carbocycles. The molecule has 20 heavy (non-hydrogen) atoms. The van der Waals surface area contributed by atoms with Gasteiger partial charge in [-0.25, -0.2) is 13.2 Å². The number of carbonyl (C=O) groups is 1. The van der Waals surface area contributed by atoms with Crippen LogP contribution in [0.15, 0.2) is 15.4 Å². The van der Waals surface area contributed by atoms with Crippen LogP contribution < -0.4 is 0 Å². The molecule has 112 valence electrons. The number of rotatable bonds is 3. The summed E-state index contributed by atoms with van der Waals surface area (Å²) in [6.45, 7) is 3.83. The van der Waals surface area contributed by atoms with Crippen LogP contribution in [0.3, 0.4) is 0 Å². The van der Waals surface area contributed by atoms with Gasteiger partial charge < -0.3 is 9.52 Å². The first-order valence-corrected chi connectivity index (χ1v) is 8.13. The Morgan fingerprint density at radius 3 is 2.70 bits per heavy atom. The number of sulfonamides is 1. The van der Waals surface area contributed by atoms with Crippen molar-refractivity contribution in [2.45, 2.75) is 50.5 Å². The summed E-state index contributed by atoms with van der Waals surface area (Å²) in [6, 6.07) is 1.02. The zero-order valence-corrected chi connectivity index (χ0v) is 12.4. The molecule has 6 nitrogen and oxygen atoms in total. The summed E-state index contributed by atoms with van der Waals surface area (Å²) in [5, 5.41) is 8.89. The van der Waals surface area contributed by atoms with Crippen LogP contribution in [0.1, 0.15) is 48.9 Å². The second-order valence-corrected chi connectivity index (χ2v) is 7.01. The van der Waals surface area contributed by atoms with Crippen LogP contribution >= 0.6 is 0 Å². The minimum atomic E-state index is -3.70. The molecule has 1 N–H and O–H groups in total. The summed E-state index contributed by atoms with van der Waals surface area (Å²) >= 11 is 0. The summed E-state index contributed by atoms with van der Waals surface area (Å²) in [5.41, 5.74) is 0. The maximum absolute atomic E-state index is 12.7. The second kappa shape index (κ2) is 5.57. The van der Waals surface area contributed by atoms with E-state index in [4.69, 9.17) is 9.52 Å². The minimum Gasteiger partial charge on any atom is -0.475 e. The van der Waals surface area contributed by atoms with E-state index in [9.17, 15) is 13.2 Å². The van der Waals surface area contributed by atoms with Crippen molar-refractivity contribution >= 4 is 16.0 Å². The average molecular weight is 301 g/mol. The maximum atomic E-state index is 12.7. The number of hydrogen-bond acceptors (Lipinski definition) is 4. The number of aromatic carboxylic acids is 1. The molecule has 1 saturated heterocycles. The van der Waals surface area contributed by atoms with Crippen molar-refractivity contribution in [2.24, 2.45) is 0 Å². The van der Waals surface area contributed by atoms with E-state index in [0.717, 1.165) is 31.7 Å². The molecule has 1 aliphatic heterocycles. The first-order valence-electron chi connectivity index (χ1n) is 6.69. The third kappa shape index (κ3) is 2.73. The van der Waals surface area contributed by atoms with Crippen molar-refractivity contribution in [1.29, 1.82) is 0 Å². The van der Waals surface area contributed by atoms with E-state index in [1.807, 2.05) is 6.92 Å². The van der Waals surface area contributed by atoms with Gasteiger partial charge in [0.15, 0.2) is 0 Å². The normalized spacial score (nSPS) is 21.6. The average Bonchev–Trinajstić information content (AvgIpc) is 2.62. The third-order valence-corrected chi connectivity index (χ3v) is 5.78. The van der Waals surface area contributed by atoms with E-state index in [2.05, 4.69) is 0 Å². The summed E-state index contributed by atoms with van der Waals surface area (Å²) < 4.78 is 31.8. The fraction of sp³-hybridized carbons (Fsp3) is 0.615. The predicted molar refractivity (Wildman–Crippen MR) is 72.2 cm³/mol. The monoisotopic (exact) mass is 301 g/mol. The molecule has 0 bridgehead atoms. The van der Waals surface area contributed by atoms with Crippen LogP contribution in [0, 0.1) is 6.92 Å². The van der Waals surface area contributed by atoms with Gasteiger partial charge in [-0.3, -0.25) is 0 Å². The van der Waals surface area contributed by atoms with Gasteiger partial charge in [-0.2, -0.15) is 4.31 Å². The lowest BCUT2D eigenvalue weighted by Crippen LogP contribution is -2.38. The first kappa shape index (κ1) is 15.1. The number of furan rings is 1. The van der Waals surface area contributed by atoms with E-state index in [0.29, 0.717) is 6.54 Å². The standard InChI is InChI=1S/C13H19NO5S/c1-9-6-4-3-5-7-14(9)20(17,18)12-8-11(13(15)16)19-10(12)2/h8-9H,3-7H2,1-2H3,(H,15,16). The molecule has 1 aromatic rings. The van der Waals surface area contributed by atoms with E-state index >= 15 is 0 Å².